The van der Waals surface area contributed by atoms with Crippen LogP contribution in [0.25, 0.3) is 0 Å². The fourth-order valence-corrected chi connectivity index (χ4v) is 2.38. The van der Waals surface area contributed by atoms with Gasteiger partial charge >= 0.3 is 0 Å². The first-order valence-corrected chi connectivity index (χ1v) is 7.40. The molecule has 1 aliphatic heterocycles. The highest BCUT2D eigenvalue weighted by Gasteiger charge is 2.14. The number of nitrogens with two attached hydrogens (primary N) is 3. The number of fused-ring (bicyclic) bond motifs is 1. The molecular weight excluding hydrogens is 282 g/mol. The molecule has 0 aliphatic carbocycles. The largest absolute Gasteiger partial charge is 0.454 e. The number of ether oxygens (including phenoxy) is 2. The smallest absolute Gasteiger partial charge is 0.231 e. The Kier molecular flexibility index (Phi) is 5.46. The van der Waals surface area contributed by atoms with Crippen molar-refractivity contribution in [2.45, 2.75) is 38.6 Å². The van der Waals surface area contributed by atoms with Gasteiger partial charge in [-0.25, -0.2) is 4.99 Å². The quantitative estimate of drug-likeness (QED) is 0.537. The van der Waals surface area contributed by atoms with Gasteiger partial charge in [-0.1, -0.05) is 19.4 Å². The van der Waals surface area contributed by atoms with Crippen molar-refractivity contribution in [2.75, 3.05) is 6.79 Å². The molecule has 1 heterocycles. The molecule has 1 aromatic rings. The summed E-state index contributed by atoms with van der Waals surface area (Å²) in [6.45, 7) is 2.40. The van der Waals surface area contributed by atoms with Gasteiger partial charge in [0.25, 0.3) is 0 Å². The number of aryl methyl sites for hydroxylation is 1. The standard InChI is InChI=1S/C15H23N5O2/c1-2-3-11(19-15(18)20-14(16)17)6-4-10-5-7-12-13(8-10)22-9-21-12/h5,7-8,11H,2-4,6,9H2,1H3,(H6,16,17,18,19,20). The van der Waals surface area contributed by atoms with Crippen molar-refractivity contribution in [2.24, 2.45) is 27.2 Å². The minimum Gasteiger partial charge on any atom is -0.454 e. The molecule has 1 unspecified atom stereocenters. The molecule has 0 radical (unpaired) electrons. The van der Waals surface area contributed by atoms with Gasteiger partial charge in [-0.15, -0.1) is 0 Å². The fraction of sp³-hybridized carbons (Fsp3) is 0.467. The normalized spacial score (nSPS) is 14.7. The number of hydrogen-bond donors (Lipinski definition) is 3. The van der Waals surface area contributed by atoms with Crippen molar-refractivity contribution in [1.82, 2.24) is 0 Å². The molecular formula is C15H23N5O2. The number of hydrogen-bond acceptors (Lipinski definition) is 3. The molecule has 120 valence electrons. The lowest BCUT2D eigenvalue weighted by Gasteiger charge is -2.12. The molecule has 7 nitrogen and oxygen atoms in total. The van der Waals surface area contributed by atoms with Gasteiger partial charge in [0.1, 0.15) is 0 Å². The van der Waals surface area contributed by atoms with Crippen LogP contribution >= 0.6 is 0 Å². The third kappa shape index (κ3) is 4.54. The molecule has 0 amide bonds. The van der Waals surface area contributed by atoms with E-state index in [4.69, 9.17) is 26.7 Å². The van der Waals surface area contributed by atoms with Crippen LogP contribution in [-0.4, -0.2) is 24.8 Å². The molecule has 1 aliphatic rings. The van der Waals surface area contributed by atoms with Crippen LogP contribution in [0.5, 0.6) is 11.5 Å². The first-order valence-electron chi connectivity index (χ1n) is 7.40. The zero-order valence-electron chi connectivity index (χ0n) is 12.8. The second-order valence-electron chi connectivity index (χ2n) is 5.19. The van der Waals surface area contributed by atoms with Gasteiger partial charge in [0.15, 0.2) is 17.5 Å². The second kappa shape index (κ2) is 7.53. The molecule has 0 saturated carbocycles. The Bertz CT molecular complexity index is 567. The van der Waals surface area contributed by atoms with Gasteiger partial charge in [0.2, 0.25) is 12.8 Å². The summed E-state index contributed by atoms with van der Waals surface area (Å²) in [6, 6.07) is 6.08. The summed E-state index contributed by atoms with van der Waals surface area (Å²) in [5, 5.41) is 0. The second-order valence-corrected chi connectivity index (χ2v) is 5.19. The van der Waals surface area contributed by atoms with Crippen molar-refractivity contribution in [3.63, 3.8) is 0 Å². The highest BCUT2D eigenvalue weighted by Crippen LogP contribution is 2.33. The maximum Gasteiger partial charge on any atom is 0.231 e. The monoisotopic (exact) mass is 305 g/mol. The highest BCUT2D eigenvalue weighted by atomic mass is 16.7. The van der Waals surface area contributed by atoms with E-state index in [2.05, 4.69) is 16.9 Å². The predicted molar refractivity (Wildman–Crippen MR) is 87.0 cm³/mol. The van der Waals surface area contributed by atoms with E-state index in [1.165, 1.54) is 5.56 Å². The Morgan fingerprint density at radius 2 is 1.95 bits per heavy atom. The molecule has 0 fully saturated rings. The van der Waals surface area contributed by atoms with Crippen LogP contribution in [0.1, 0.15) is 31.7 Å². The average molecular weight is 305 g/mol. The van der Waals surface area contributed by atoms with E-state index < -0.39 is 0 Å². The molecule has 0 saturated heterocycles. The zero-order chi connectivity index (χ0) is 15.9. The summed E-state index contributed by atoms with van der Waals surface area (Å²) in [5.41, 5.74) is 17.5. The molecule has 1 aromatic carbocycles. The third-order valence-electron chi connectivity index (χ3n) is 3.38. The van der Waals surface area contributed by atoms with Gasteiger partial charge in [-0.2, -0.15) is 4.99 Å². The topological polar surface area (TPSA) is 121 Å². The molecule has 0 spiro atoms. The van der Waals surface area contributed by atoms with E-state index in [0.29, 0.717) is 0 Å². The SMILES string of the molecule is CCCC(CCc1ccc2c(c1)OCO2)N=C(N)N=C(N)N. The first kappa shape index (κ1) is 15.9. The number of benzene rings is 1. The minimum atomic E-state index is -0.0766. The Labute approximate surface area is 130 Å². The Morgan fingerprint density at radius 3 is 2.68 bits per heavy atom. The fourth-order valence-electron chi connectivity index (χ4n) is 2.38. The predicted octanol–water partition coefficient (Wildman–Crippen LogP) is 1.10. The van der Waals surface area contributed by atoms with E-state index in [0.717, 1.165) is 37.2 Å². The van der Waals surface area contributed by atoms with Crippen LogP contribution < -0.4 is 26.7 Å². The summed E-state index contributed by atoms with van der Waals surface area (Å²) >= 11 is 0. The van der Waals surface area contributed by atoms with Crippen molar-refractivity contribution in [3.8, 4) is 11.5 Å². The third-order valence-corrected chi connectivity index (χ3v) is 3.38. The van der Waals surface area contributed by atoms with Gasteiger partial charge in [0.05, 0.1) is 6.04 Å². The van der Waals surface area contributed by atoms with E-state index in [1.54, 1.807) is 0 Å². The summed E-state index contributed by atoms with van der Waals surface area (Å²) in [5.74, 6) is 1.65. The van der Waals surface area contributed by atoms with Gasteiger partial charge in [-0.05, 0) is 37.0 Å². The van der Waals surface area contributed by atoms with Crippen LogP contribution in [0.2, 0.25) is 0 Å². The summed E-state index contributed by atoms with van der Waals surface area (Å²) in [7, 11) is 0. The Morgan fingerprint density at radius 1 is 1.18 bits per heavy atom. The summed E-state index contributed by atoms with van der Waals surface area (Å²) in [4.78, 5) is 8.15. The molecule has 0 aromatic heterocycles. The first-order chi connectivity index (χ1) is 10.6. The van der Waals surface area contributed by atoms with Crippen LogP contribution in [0.4, 0.5) is 0 Å². The van der Waals surface area contributed by atoms with Crippen LogP contribution in [0, 0.1) is 0 Å². The van der Waals surface area contributed by atoms with E-state index in [-0.39, 0.29) is 24.8 Å². The van der Waals surface area contributed by atoms with E-state index >= 15 is 0 Å². The minimum absolute atomic E-state index is 0.0766. The Balaban J connectivity index is 1.98. The lowest BCUT2D eigenvalue weighted by atomic mass is 10.0. The molecule has 22 heavy (non-hydrogen) atoms. The lowest BCUT2D eigenvalue weighted by Crippen LogP contribution is -2.27. The molecule has 0 bridgehead atoms. The van der Waals surface area contributed by atoms with Crippen LogP contribution in [0.3, 0.4) is 0 Å². The molecule has 1 atom stereocenters. The number of nitrogens with zero attached hydrogens (tertiary/aromatic N) is 2. The maximum absolute atomic E-state index is 5.71. The van der Waals surface area contributed by atoms with Crippen LogP contribution in [-0.2, 0) is 6.42 Å². The van der Waals surface area contributed by atoms with E-state index in [1.807, 2.05) is 18.2 Å². The van der Waals surface area contributed by atoms with Crippen molar-refractivity contribution in [3.05, 3.63) is 23.8 Å². The summed E-state index contributed by atoms with van der Waals surface area (Å²) < 4.78 is 10.7. The van der Waals surface area contributed by atoms with Crippen molar-refractivity contribution >= 4 is 11.9 Å². The van der Waals surface area contributed by atoms with Crippen molar-refractivity contribution in [1.29, 1.82) is 0 Å². The lowest BCUT2D eigenvalue weighted by molar-refractivity contribution is 0.174. The maximum atomic E-state index is 5.71. The van der Waals surface area contributed by atoms with Gasteiger partial charge in [-0.3, -0.25) is 0 Å². The van der Waals surface area contributed by atoms with Gasteiger partial charge in [0, 0.05) is 0 Å². The van der Waals surface area contributed by atoms with E-state index in [9.17, 15) is 0 Å². The molecule has 7 heteroatoms. The van der Waals surface area contributed by atoms with Crippen LogP contribution in [0.15, 0.2) is 28.2 Å². The highest BCUT2D eigenvalue weighted by molar-refractivity contribution is 5.92. The number of rotatable bonds is 6. The molecule has 6 N–H and O–H groups in total. The van der Waals surface area contributed by atoms with Gasteiger partial charge < -0.3 is 26.7 Å². The molecule has 2 rings (SSSR count). The average Bonchev–Trinajstić information content (AvgIpc) is 2.91. The zero-order valence-corrected chi connectivity index (χ0v) is 12.8. The Hall–Kier alpha value is -2.44. The summed E-state index contributed by atoms with van der Waals surface area (Å²) in [6.07, 6.45) is 3.70. The van der Waals surface area contributed by atoms with Crippen molar-refractivity contribution < 1.29 is 9.47 Å². The number of aliphatic imine (C=N–C) groups is 2. The number of guanidine groups is 2.